The molecule has 0 spiro atoms. The number of benzene rings is 1. The zero-order chi connectivity index (χ0) is 22.8. The van der Waals surface area contributed by atoms with Gasteiger partial charge in [-0.2, -0.15) is 0 Å². The summed E-state index contributed by atoms with van der Waals surface area (Å²) in [5, 5.41) is 0. The lowest BCUT2D eigenvalue weighted by Crippen LogP contribution is -2.53. The number of anilines is 1. The van der Waals surface area contributed by atoms with E-state index in [0.29, 0.717) is 64.0 Å². The summed E-state index contributed by atoms with van der Waals surface area (Å²) in [6.45, 7) is 6.14. The van der Waals surface area contributed by atoms with Crippen molar-refractivity contribution in [3.63, 3.8) is 0 Å². The third-order valence-electron chi connectivity index (χ3n) is 7.06. The van der Waals surface area contributed by atoms with Gasteiger partial charge >= 0.3 is 0 Å². The van der Waals surface area contributed by atoms with Crippen LogP contribution in [-0.2, 0) is 14.4 Å². The molecule has 3 amide bonds. The number of piperidine rings is 1. The molecule has 1 aromatic rings. The maximum absolute atomic E-state index is 13.1. The molecule has 4 heterocycles. The molecule has 4 aliphatic rings. The standard InChI is InChI=1S/C24H32N4O5/c29-22-14-18(16-28(22)19-4-5-20-21(15-19)33-13-12-32-20)24(31)27-10-8-25(9-11-27)17-23(30)26-6-2-1-3-7-26/h4-5,15,18H,1-3,6-14,16-17H2. The van der Waals surface area contributed by atoms with Gasteiger partial charge in [0.2, 0.25) is 17.7 Å². The van der Waals surface area contributed by atoms with Gasteiger partial charge in [-0.3, -0.25) is 19.3 Å². The second kappa shape index (κ2) is 9.59. The van der Waals surface area contributed by atoms with Gasteiger partial charge in [-0.25, -0.2) is 0 Å². The van der Waals surface area contributed by atoms with Crippen molar-refractivity contribution in [2.45, 2.75) is 25.7 Å². The molecule has 0 aromatic heterocycles. The van der Waals surface area contributed by atoms with Crippen LogP contribution in [0.15, 0.2) is 18.2 Å². The topological polar surface area (TPSA) is 82.6 Å². The highest BCUT2D eigenvalue weighted by molar-refractivity contribution is 6.00. The summed E-state index contributed by atoms with van der Waals surface area (Å²) in [6, 6.07) is 5.48. The lowest BCUT2D eigenvalue weighted by molar-refractivity contribution is -0.138. The lowest BCUT2D eigenvalue weighted by Gasteiger charge is -2.37. The van der Waals surface area contributed by atoms with E-state index in [1.165, 1.54) is 6.42 Å². The third-order valence-corrected chi connectivity index (χ3v) is 7.06. The van der Waals surface area contributed by atoms with E-state index in [-0.39, 0.29) is 30.1 Å². The highest BCUT2D eigenvalue weighted by Crippen LogP contribution is 2.36. The van der Waals surface area contributed by atoms with Gasteiger partial charge in [0.1, 0.15) is 13.2 Å². The average Bonchev–Trinajstić information content (AvgIpc) is 3.26. The molecule has 0 aliphatic carbocycles. The molecule has 178 valence electrons. The Morgan fingerprint density at radius 2 is 1.61 bits per heavy atom. The molecule has 5 rings (SSSR count). The molecular weight excluding hydrogens is 424 g/mol. The molecular formula is C24H32N4O5. The minimum absolute atomic E-state index is 0.0328. The number of nitrogens with zero attached hydrogens (tertiary/aromatic N) is 4. The van der Waals surface area contributed by atoms with Gasteiger partial charge < -0.3 is 24.2 Å². The number of rotatable bonds is 4. The number of piperazine rings is 1. The summed E-state index contributed by atoms with van der Waals surface area (Å²) >= 11 is 0. The first-order valence-corrected chi connectivity index (χ1v) is 12.1. The van der Waals surface area contributed by atoms with E-state index in [0.717, 1.165) is 31.6 Å². The maximum Gasteiger partial charge on any atom is 0.236 e. The van der Waals surface area contributed by atoms with Crippen molar-refractivity contribution < 1.29 is 23.9 Å². The van der Waals surface area contributed by atoms with E-state index < -0.39 is 0 Å². The predicted octanol–water partition coefficient (Wildman–Crippen LogP) is 0.967. The Morgan fingerprint density at radius 1 is 0.879 bits per heavy atom. The number of likely N-dealkylation sites (tertiary alicyclic amines) is 1. The second-order valence-electron chi connectivity index (χ2n) is 9.28. The lowest BCUT2D eigenvalue weighted by atomic mass is 10.1. The van der Waals surface area contributed by atoms with E-state index in [1.807, 2.05) is 28.0 Å². The molecule has 3 saturated heterocycles. The first kappa shape index (κ1) is 22.0. The van der Waals surface area contributed by atoms with Crippen molar-refractivity contribution in [3.8, 4) is 11.5 Å². The fraction of sp³-hybridized carbons (Fsp3) is 0.625. The van der Waals surface area contributed by atoms with Crippen molar-refractivity contribution >= 4 is 23.4 Å². The predicted molar refractivity (Wildman–Crippen MR) is 121 cm³/mol. The molecule has 4 aliphatic heterocycles. The van der Waals surface area contributed by atoms with E-state index in [9.17, 15) is 14.4 Å². The summed E-state index contributed by atoms with van der Waals surface area (Å²) in [4.78, 5) is 46.0. The molecule has 0 N–H and O–H groups in total. The Labute approximate surface area is 194 Å². The Kier molecular flexibility index (Phi) is 6.39. The van der Waals surface area contributed by atoms with Crippen molar-refractivity contribution in [2.75, 3.05) is 70.5 Å². The Morgan fingerprint density at radius 3 is 2.36 bits per heavy atom. The molecule has 1 aromatic carbocycles. The van der Waals surface area contributed by atoms with Gasteiger partial charge in [0.15, 0.2) is 11.5 Å². The first-order chi connectivity index (χ1) is 16.1. The summed E-state index contributed by atoms with van der Waals surface area (Å²) in [5.74, 6) is 1.16. The molecule has 33 heavy (non-hydrogen) atoms. The molecule has 9 heteroatoms. The van der Waals surface area contributed by atoms with Gasteiger partial charge in [0, 0.05) is 64.0 Å². The first-order valence-electron chi connectivity index (χ1n) is 12.1. The summed E-state index contributed by atoms with van der Waals surface area (Å²) in [5.41, 5.74) is 0.737. The van der Waals surface area contributed by atoms with Crippen LogP contribution in [0.4, 0.5) is 5.69 Å². The van der Waals surface area contributed by atoms with Gasteiger partial charge in [0.05, 0.1) is 12.5 Å². The minimum Gasteiger partial charge on any atom is -0.486 e. The Bertz CT molecular complexity index is 908. The summed E-state index contributed by atoms with van der Waals surface area (Å²) in [6.07, 6.45) is 3.62. The fourth-order valence-electron chi connectivity index (χ4n) is 5.14. The molecule has 1 unspecified atom stereocenters. The zero-order valence-corrected chi connectivity index (χ0v) is 19.0. The number of ether oxygens (including phenoxy) is 2. The normalized spacial score (nSPS) is 23.7. The number of carbonyl (C=O) groups excluding carboxylic acids is 3. The van der Waals surface area contributed by atoms with Crippen LogP contribution in [0.5, 0.6) is 11.5 Å². The summed E-state index contributed by atoms with van der Waals surface area (Å²) in [7, 11) is 0. The van der Waals surface area contributed by atoms with E-state index in [2.05, 4.69) is 4.90 Å². The smallest absolute Gasteiger partial charge is 0.236 e. The maximum atomic E-state index is 13.1. The van der Waals surface area contributed by atoms with Crippen LogP contribution in [0.2, 0.25) is 0 Å². The Hall–Kier alpha value is -2.81. The third kappa shape index (κ3) is 4.78. The van der Waals surface area contributed by atoms with Crippen LogP contribution in [0, 0.1) is 5.92 Å². The number of amides is 3. The minimum atomic E-state index is -0.341. The van der Waals surface area contributed by atoms with Gasteiger partial charge in [-0.1, -0.05) is 0 Å². The van der Waals surface area contributed by atoms with Crippen molar-refractivity contribution in [1.29, 1.82) is 0 Å². The largest absolute Gasteiger partial charge is 0.486 e. The van der Waals surface area contributed by atoms with E-state index in [4.69, 9.17) is 9.47 Å². The van der Waals surface area contributed by atoms with E-state index in [1.54, 1.807) is 4.90 Å². The Balaban J connectivity index is 1.13. The average molecular weight is 457 g/mol. The quantitative estimate of drug-likeness (QED) is 0.672. The summed E-state index contributed by atoms with van der Waals surface area (Å²) < 4.78 is 11.2. The zero-order valence-electron chi connectivity index (χ0n) is 19.0. The highest BCUT2D eigenvalue weighted by Gasteiger charge is 2.38. The van der Waals surface area contributed by atoms with Crippen LogP contribution in [0.25, 0.3) is 0 Å². The molecule has 1 atom stereocenters. The molecule has 9 nitrogen and oxygen atoms in total. The molecule has 0 radical (unpaired) electrons. The number of hydrogen-bond donors (Lipinski definition) is 0. The van der Waals surface area contributed by atoms with Crippen molar-refractivity contribution in [2.24, 2.45) is 5.92 Å². The van der Waals surface area contributed by atoms with Crippen LogP contribution >= 0.6 is 0 Å². The molecule has 0 bridgehead atoms. The molecule has 3 fully saturated rings. The number of fused-ring (bicyclic) bond motifs is 1. The van der Waals surface area contributed by atoms with Gasteiger partial charge in [-0.05, 0) is 31.4 Å². The fourth-order valence-corrected chi connectivity index (χ4v) is 5.14. The second-order valence-corrected chi connectivity index (χ2v) is 9.28. The van der Waals surface area contributed by atoms with Crippen molar-refractivity contribution in [3.05, 3.63) is 18.2 Å². The van der Waals surface area contributed by atoms with E-state index >= 15 is 0 Å². The van der Waals surface area contributed by atoms with Crippen LogP contribution in [0.1, 0.15) is 25.7 Å². The van der Waals surface area contributed by atoms with Crippen LogP contribution in [0.3, 0.4) is 0 Å². The number of carbonyl (C=O) groups is 3. The van der Waals surface area contributed by atoms with Gasteiger partial charge in [-0.15, -0.1) is 0 Å². The van der Waals surface area contributed by atoms with Crippen LogP contribution in [-0.4, -0.2) is 98.0 Å². The van der Waals surface area contributed by atoms with Crippen molar-refractivity contribution in [1.82, 2.24) is 14.7 Å². The number of hydrogen-bond acceptors (Lipinski definition) is 6. The molecule has 0 saturated carbocycles. The van der Waals surface area contributed by atoms with Gasteiger partial charge in [0.25, 0.3) is 0 Å². The monoisotopic (exact) mass is 456 g/mol. The SMILES string of the molecule is O=C(CN1CCN(C(=O)C2CC(=O)N(c3ccc4c(c3)OCCO4)C2)CC1)N1CCCCC1. The highest BCUT2D eigenvalue weighted by atomic mass is 16.6. The van der Waals surface area contributed by atoms with Crippen LogP contribution < -0.4 is 14.4 Å².